The molecule has 0 aliphatic heterocycles. The number of aryl methyl sites for hydroxylation is 2. The van der Waals surface area contributed by atoms with Gasteiger partial charge in [0, 0.05) is 4.88 Å². The largest absolute Gasteiger partial charge is 0.323 e. The molecule has 1 aliphatic carbocycles. The number of aromatic nitrogens is 2. The van der Waals surface area contributed by atoms with Crippen molar-refractivity contribution in [2.75, 3.05) is 11.1 Å². The van der Waals surface area contributed by atoms with E-state index in [-0.39, 0.29) is 27.8 Å². The van der Waals surface area contributed by atoms with Crippen LogP contribution in [0.2, 0.25) is 0 Å². The lowest BCUT2D eigenvalue weighted by Gasteiger charge is -2.14. The minimum Gasteiger partial charge on any atom is -0.323 e. The molecule has 2 aromatic heterocycles. The molecule has 1 aliphatic rings. The summed E-state index contributed by atoms with van der Waals surface area (Å²) in [7, 11) is 0. The van der Waals surface area contributed by atoms with Crippen molar-refractivity contribution in [1.82, 2.24) is 9.55 Å². The quantitative estimate of drug-likeness (QED) is 0.308. The minimum atomic E-state index is -0.553. The van der Waals surface area contributed by atoms with Crippen molar-refractivity contribution in [3.05, 3.63) is 81.0 Å². The van der Waals surface area contributed by atoms with Gasteiger partial charge in [-0.3, -0.25) is 14.2 Å². The molecule has 0 spiro atoms. The Morgan fingerprint density at radius 1 is 1.06 bits per heavy atom. The average Bonchev–Trinajstić information content (AvgIpc) is 3.19. The van der Waals surface area contributed by atoms with Crippen LogP contribution >= 0.6 is 23.1 Å². The fourth-order valence-corrected chi connectivity index (χ4v) is 6.12. The first kappa shape index (κ1) is 21.8. The zero-order valence-electron chi connectivity index (χ0n) is 17.4. The third-order valence-corrected chi connectivity index (χ3v) is 7.66. The maximum Gasteiger partial charge on any atom is 0.267 e. The van der Waals surface area contributed by atoms with Gasteiger partial charge in [0.2, 0.25) is 5.91 Å². The lowest BCUT2D eigenvalue weighted by molar-refractivity contribution is -0.113. The summed E-state index contributed by atoms with van der Waals surface area (Å²) in [5.74, 6) is -1.67. The van der Waals surface area contributed by atoms with Crippen LogP contribution in [0, 0.1) is 11.6 Å². The van der Waals surface area contributed by atoms with E-state index in [1.54, 1.807) is 18.2 Å². The lowest BCUT2D eigenvalue weighted by atomic mass is 9.97. The first-order valence-electron chi connectivity index (χ1n) is 10.5. The fourth-order valence-electron chi connectivity index (χ4n) is 4.01. The van der Waals surface area contributed by atoms with Gasteiger partial charge in [0.15, 0.2) is 5.16 Å². The molecule has 0 saturated heterocycles. The van der Waals surface area contributed by atoms with Gasteiger partial charge < -0.3 is 5.32 Å². The number of halogens is 2. The maximum atomic E-state index is 14.7. The highest BCUT2D eigenvalue weighted by Gasteiger charge is 2.24. The second kappa shape index (κ2) is 9.07. The van der Waals surface area contributed by atoms with Crippen molar-refractivity contribution in [3.63, 3.8) is 0 Å². The summed E-state index contributed by atoms with van der Waals surface area (Å²) in [5.41, 5.74) is 0.841. The number of fused-ring (bicyclic) bond motifs is 3. The predicted octanol–water partition coefficient (Wildman–Crippen LogP) is 5.34. The van der Waals surface area contributed by atoms with Gasteiger partial charge in [0.25, 0.3) is 5.56 Å². The van der Waals surface area contributed by atoms with Crippen molar-refractivity contribution in [2.45, 2.75) is 30.8 Å². The number of nitrogens with zero attached hydrogens (tertiary/aromatic N) is 2. The zero-order valence-corrected chi connectivity index (χ0v) is 19.1. The highest BCUT2D eigenvalue weighted by molar-refractivity contribution is 7.99. The fraction of sp³-hybridized carbons (Fsp3) is 0.208. The summed E-state index contributed by atoms with van der Waals surface area (Å²) in [6.07, 6.45) is 3.79. The van der Waals surface area contributed by atoms with E-state index < -0.39 is 17.5 Å². The highest BCUT2D eigenvalue weighted by atomic mass is 32.2. The third kappa shape index (κ3) is 4.18. The highest BCUT2D eigenvalue weighted by Crippen LogP contribution is 2.35. The van der Waals surface area contributed by atoms with Crippen LogP contribution in [-0.4, -0.2) is 21.2 Å². The van der Waals surface area contributed by atoms with E-state index in [1.807, 2.05) is 0 Å². The Morgan fingerprint density at radius 3 is 2.58 bits per heavy atom. The molecule has 2 aromatic carbocycles. The number of nitrogens with one attached hydrogen (secondary N) is 1. The Hall–Kier alpha value is -3.04. The van der Waals surface area contributed by atoms with Crippen LogP contribution in [0.5, 0.6) is 0 Å². The molecule has 168 valence electrons. The Balaban J connectivity index is 1.55. The molecule has 1 N–H and O–H groups in total. The number of benzene rings is 2. The second-order valence-corrected chi connectivity index (χ2v) is 9.72. The van der Waals surface area contributed by atoms with Crippen molar-refractivity contribution in [1.29, 1.82) is 0 Å². The van der Waals surface area contributed by atoms with Crippen molar-refractivity contribution in [2.24, 2.45) is 0 Å². The van der Waals surface area contributed by atoms with E-state index in [0.717, 1.165) is 47.9 Å². The van der Waals surface area contributed by atoms with E-state index in [2.05, 4.69) is 10.3 Å². The van der Waals surface area contributed by atoms with Gasteiger partial charge in [-0.25, -0.2) is 13.8 Å². The number of rotatable bonds is 5. The molecular formula is C24H19F2N3O2S2. The summed E-state index contributed by atoms with van der Waals surface area (Å²) in [6.45, 7) is 0. The first-order valence-corrected chi connectivity index (χ1v) is 12.3. The summed E-state index contributed by atoms with van der Waals surface area (Å²) in [5, 5.41) is 3.28. The Labute approximate surface area is 196 Å². The van der Waals surface area contributed by atoms with Gasteiger partial charge >= 0.3 is 0 Å². The van der Waals surface area contributed by atoms with Crippen molar-refractivity contribution < 1.29 is 13.6 Å². The third-order valence-electron chi connectivity index (χ3n) is 5.53. The monoisotopic (exact) mass is 483 g/mol. The number of hydrogen-bond acceptors (Lipinski definition) is 5. The van der Waals surface area contributed by atoms with Crippen LogP contribution in [0.1, 0.15) is 23.3 Å². The molecular weight excluding hydrogens is 464 g/mol. The van der Waals surface area contributed by atoms with Crippen molar-refractivity contribution >= 4 is 44.9 Å². The molecule has 1 amide bonds. The van der Waals surface area contributed by atoms with E-state index in [0.29, 0.717) is 10.2 Å². The molecule has 9 heteroatoms. The number of para-hydroxylation sites is 2. The molecule has 0 unspecified atom stereocenters. The maximum absolute atomic E-state index is 14.7. The van der Waals surface area contributed by atoms with Gasteiger partial charge in [-0.15, -0.1) is 11.3 Å². The normalized spacial score (nSPS) is 13.2. The van der Waals surface area contributed by atoms with E-state index in [1.165, 1.54) is 46.2 Å². The number of thiophene rings is 1. The van der Waals surface area contributed by atoms with Gasteiger partial charge in [-0.2, -0.15) is 0 Å². The summed E-state index contributed by atoms with van der Waals surface area (Å²) in [4.78, 5) is 32.5. The molecule has 33 heavy (non-hydrogen) atoms. The smallest absolute Gasteiger partial charge is 0.267 e. The standard InChI is InChI=1S/C24H19F2N3O2S2/c25-15-8-2-4-10-17(15)27-20(30)13-32-24-28-22-21(14-7-1-6-12-19(14)33-22)23(31)29(24)18-11-5-3-9-16(18)26/h2-5,8-11H,1,6-7,12-13H2,(H,27,30). The minimum absolute atomic E-state index is 0.0731. The van der Waals surface area contributed by atoms with Gasteiger partial charge in [0.05, 0.1) is 22.5 Å². The second-order valence-electron chi connectivity index (χ2n) is 7.69. The number of carbonyl (C=O) groups excluding carboxylic acids is 1. The van der Waals surface area contributed by atoms with Crippen molar-refractivity contribution in [3.8, 4) is 5.69 Å². The molecule has 0 atom stereocenters. The van der Waals surface area contributed by atoms with E-state index in [4.69, 9.17) is 0 Å². The van der Waals surface area contributed by atoms with E-state index >= 15 is 0 Å². The van der Waals surface area contributed by atoms with Crippen LogP contribution in [-0.2, 0) is 17.6 Å². The molecule has 0 saturated carbocycles. The van der Waals surface area contributed by atoms with Gasteiger partial charge in [0.1, 0.15) is 16.5 Å². The number of anilines is 1. The average molecular weight is 484 g/mol. The van der Waals surface area contributed by atoms with Crippen LogP contribution in [0.3, 0.4) is 0 Å². The summed E-state index contributed by atoms with van der Waals surface area (Å²) in [6, 6.07) is 11.9. The molecule has 4 aromatic rings. The zero-order chi connectivity index (χ0) is 22.9. The van der Waals surface area contributed by atoms with Crippen LogP contribution in [0.15, 0.2) is 58.5 Å². The van der Waals surface area contributed by atoms with E-state index in [9.17, 15) is 18.4 Å². The van der Waals surface area contributed by atoms with Crippen LogP contribution < -0.4 is 10.9 Å². The predicted molar refractivity (Wildman–Crippen MR) is 128 cm³/mol. The van der Waals surface area contributed by atoms with Crippen LogP contribution in [0.4, 0.5) is 14.5 Å². The van der Waals surface area contributed by atoms with Gasteiger partial charge in [-0.05, 0) is 55.5 Å². The molecule has 5 rings (SSSR count). The SMILES string of the molecule is O=C(CSc1nc2sc3c(c2c(=O)n1-c1ccccc1F)CCCC3)Nc1ccccc1F. The number of amides is 1. The number of hydrogen-bond donors (Lipinski definition) is 1. The number of carbonyl (C=O) groups is 1. The lowest BCUT2D eigenvalue weighted by Crippen LogP contribution is -2.24. The Morgan fingerprint density at radius 2 is 1.79 bits per heavy atom. The van der Waals surface area contributed by atoms with Gasteiger partial charge in [-0.1, -0.05) is 36.0 Å². The first-order chi connectivity index (χ1) is 16.0. The number of thioether (sulfide) groups is 1. The summed E-state index contributed by atoms with van der Waals surface area (Å²) < 4.78 is 29.8. The summed E-state index contributed by atoms with van der Waals surface area (Å²) >= 11 is 2.51. The van der Waals surface area contributed by atoms with Crippen LogP contribution in [0.25, 0.3) is 15.9 Å². The molecule has 5 nitrogen and oxygen atoms in total. The topological polar surface area (TPSA) is 64.0 Å². The molecule has 0 radical (unpaired) electrons. The Kier molecular flexibility index (Phi) is 5.99. The molecule has 0 fully saturated rings. The molecule has 0 bridgehead atoms. The molecule has 2 heterocycles. The Bertz CT molecular complexity index is 1430.